The van der Waals surface area contributed by atoms with E-state index in [4.69, 9.17) is 8.83 Å². The first kappa shape index (κ1) is 23.1. The monoisotopic (exact) mass is 490 g/mol. The second kappa shape index (κ2) is 9.88. The summed E-state index contributed by atoms with van der Waals surface area (Å²) in [5.74, 6) is 3.91. The van der Waals surface area contributed by atoms with Crippen LogP contribution in [0.3, 0.4) is 0 Å². The fraction of sp³-hybridized carbons (Fsp3) is 0.360. The molecule has 5 rings (SSSR count). The van der Waals surface area contributed by atoms with Gasteiger partial charge in [-0.15, -0.1) is 10.2 Å². The summed E-state index contributed by atoms with van der Waals surface area (Å²) in [6.07, 6.45) is 5.80. The van der Waals surface area contributed by atoms with Gasteiger partial charge in [-0.3, -0.25) is 9.36 Å². The van der Waals surface area contributed by atoms with Crippen LogP contribution in [0.1, 0.15) is 59.3 Å². The molecule has 1 aliphatic rings. The summed E-state index contributed by atoms with van der Waals surface area (Å²) in [4.78, 5) is 12.9. The van der Waals surface area contributed by atoms with Crippen molar-refractivity contribution >= 4 is 23.5 Å². The van der Waals surface area contributed by atoms with Gasteiger partial charge in [-0.05, 0) is 56.5 Å². The normalized spacial score (nSPS) is 13.2. The number of hydrogen-bond acceptors (Lipinski definition) is 7. The predicted molar refractivity (Wildman–Crippen MR) is 130 cm³/mol. The Hall–Kier alpha value is -3.71. The fourth-order valence-corrected chi connectivity index (χ4v) is 4.96. The Bertz CT molecular complexity index is 1360. The van der Waals surface area contributed by atoms with Gasteiger partial charge in [0.1, 0.15) is 29.2 Å². The number of furan rings is 2. The smallest absolute Gasteiger partial charge is 0.226 e. The van der Waals surface area contributed by atoms with E-state index in [2.05, 4.69) is 26.2 Å². The minimum atomic E-state index is -0.160. The Kier molecular flexibility index (Phi) is 6.51. The molecule has 35 heavy (non-hydrogen) atoms. The van der Waals surface area contributed by atoms with Crippen molar-refractivity contribution in [3.8, 4) is 6.07 Å². The molecule has 1 N–H and O–H groups in total. The Morgan fingerprint density at radius 2 is 1.83 bits per heavy atom. The summed E-state index contributed by atoms with van der Waals surface area (Å²) < 4.78 is 15.0. The number of anilines is 1. The maximum absolute atomic E-state index is 12.9. The molecule has 180 valence electrons. The van der Waals surface area contributed by atoms with Crippen LogP contribution in [0.4, 0.5) is 5.82 Å². The van der Waals surface area contributed by atoms with Gasteiger partial charge in [0.05, 0.1) is 31.2 Å². The molecular weight excluding hydrogens is 464 g/mol. The van der Waals surface area contributed by atoms with Gasteiger partial charge in [0.15, 0.2) is 5.16 Å². The largest absolute Gasteiger partial charge is 0.467 e. The highest BCUT2D eigenvalue weighted by Gasteiger charge is 2.30. The van der Waals surface area contributed by atoms with Gasteiger partial charge in [0.25, 0.3) is 0 Å². The summed E-state index contributed by atoms with van der Waals surface area (Å²) in [6, 6.07) is 9.74. The third kappa shape index (κ3) is 4.91. The molecule has 1 saturated carbocycles. The average Bonchev–Trinajstić information content (AvgIpc) is 3.20. The van der Waals surface area contributed by atoms with Gasteiger partial charge >= 0.3 is 0 Å². The third-order valence-corrected chi connectivity index (χ3v) is 7.20. The Morgan fingerprint density at radius 3 is 2.43 bits per heavy atom. The molecule has 4 aromatic rings. The Balaban J connectivity index is 1.26. The number of aromatic nitrogens is 4. The van der Waals surface area contributed by atoms with Crippen molar-refractivity contribution in [2.75, 3.05) is 11.1 Å². The van der Waals surface area contributed by atoms with Crippen molar-refractivity contribution in [1.82, 2.24) is 19.3 Å². The number of amides is 1. The van der Waals surface area contributed by atoms with E-state index in [0.717, 1.165) is 46.6 Å². The molecule has 9 nitrogen and oxygen atoms in total. The molecule has 0 aromatic carbocycles. The molecule has 0 radical (unpaired) electrons. The number of hydrogen-bond donors (Lipinski definition) is 1. The lowest BCUT2D eigenvalue weighted by atomic mass is 10.2. The number of nitrogens with zero attached hydrogens (tertiary/aromatic N) is 5. The van der Waals surface area contributed by atoms with E-state index < -0.39 is 0 Å². The van der Waals surface area contributed by atoms with Crippen molar-refractivity contribution in [3.05, 3.63) is 71.0 Å². The summed E-state index contributed by atoms with van der Waals surface area (Å²) in [5, 5.41) is 22.3. The number of nitrogens with one attached hydrogen (secondary N) is 1. The quantitative estimate of drug-likeness (QED) is 0.316. The van der Waals surface area contributed by atoms with Gasteiger partial charge < -0.3 is 18.7 Å². The molecule has 0 unspecified atom stereocenters. The molecule has 4 heterocycles. The molecule has 4 aromatic heterocycles. The van der Waals surface area contributed by atoms with Crippen LogP contribution in [0.2, 0.25) is 0 Å². The molecule has 0 spiro atoms. The molecule has 0 bridgehead atoms. The fourth-order valence-electron chi connectivity index (χ4n) is 4.07. The van der Waals surface area contributed by atoms with E-state index >= 15 is 0 Å². The minimum absolute atomic E-state index is 0.160. The van der Waals surface area contributed by atoms with E-state index in [1.54, 1.807) is 12.5 Å². The van der Waals surface area contributed by atoms with Crippen LogP contribution in [0.15, 0.2) is 50.8 Å². The molecule has 0 aliphatic heterocycles. The number of nitriles is 1. The maximum Gasteiger partial charge on any atom is 0.226 e. The topological polar surface area (TPSA) is 115 Å². The maximum atomic E-state index is 12.9. The lowest BCUT2D eigenvalue weighted by Gasteiger charge is -2.12. The standard InChI is InChI=1S/C25H26N6O3S/c1-16-17(2)30(14-19-5-3-10-33-19)24(21(16)13-26)27-22(32)9-12-35-25-29-28-23(18-7-8-18)31(25)15-20-6-4-11-34-20/h3-6,10-11,18H,7-9,12,14-15H2,1-2H3,(H,27,32). The third-order valence-electron chi connectivity index (χ3n) is 6.24. The summed E-state index contributed by atoms with van der Waals surface area (Å²) in [6.45, 7) is 4.84. The SMILES string of the molecule is Cc1c(C#N)c(NC(=O)CCSc2nnc(C3CC3)n2Cc2ccco2)n(Cc2ccco2)c1C. The average molecular weight is 491 g/mol. The van der Waals surface area contributed by atoms with Gasteiger partial charge in [-0.2, -0.15) is 5.26 Å². The van der Waals surface area contributed by atoms with Gasteiger partial charge in [-0.25, -0.2) is 0 Å². The summed E-state index contributed by atoms with van der Waals surface area (Å²) >= 11 is 1.50. The zero-order valence-corrected chi connectivity index (χ0v) is 20.5. The van der Waals surface area contributed by atoms with Crippen molar-refractivity contribution < 1.29 is 13.6 Å². The molecule has 10 heteroatoms. The number of thioether (sulfide) groups is 1. The number of carbonyl (C=O) groups excluding carboxylic acids is 1. The number of rotatable bonds is 10. The molecule has 1 amide bonds. The summed E-state index contributed by atoms with van der Waals surface area (Å²) in [7, 11) is 0. The minimum Gasteiger partial charge on any atom is -0.467 e. The number of carbonyl (C=O) groups is 1. The lowest BCUT2D eigenvalue weighted by Crippen LogP contribution is -2.17. The van der Waals surface area contributed by atoms with Crippen molar-refractivity contribution in [3.63, 3.8) is 0 Å². The zero-order valence-electron chi connectivity index (χ0n) is 19.7. The van der Waals surface area contributed by atoms with Crippen LogP contribution in [0.25, 0.3) is 0 Å². The first-order chi connectivity index (χ1) is 17.0. The highest BCUT2D eigenvalue weighted by atomic mass is 32.2. The second-order valence-electron chi connectivity index (χ2n) is 8.64. The first-order valence-corrected chi connectivity index (χ1v) is 12.5. The van der Waals surface area contributed by atoms with Crippen LogP contribution in [-0.4, -0.2) is 31.0 Å². The zero-order chi connectivity index (χ0) is 24.4. The van der Waals surface area contributed by atoms with Crippen LogP contribution in [0.5, 0.6) is 0 Å². The van der Waals surface area contributed by atoms with Crippen LogP contribution in [0, 0.1) is 25.2 Å². The lowest BCUT2D eigenvalue weighted by molar-refractivity contribution is -0.115. The molecule has 1 aliphatic carbocycles. The van der Waals surface area contributed by atoms with Gasteiger partial charge in [-0.1, -0.05) is 11.8 Å². The van der Waals surface area contributed by atoms with Gasteiger partial charge in [0.2, 0.25) is 5.91 Å². The first-order valence-electron chi connectivity index (χ1n) is 11.6. The van der Waals surface area contributed by atoms with Gasteiger partial charge in [0, 0.05) is 23.8 Å². The van der Waals surface area contributed by atoms with E-state index in [-0.39, 0.29) is 12.3 Å². The highest BCUT2D eigenvalue weighted by molar-refractivity contribution is 7.99. The Morgan fingerprint density at radius 1 is 1.14 bits per heavy atom. The second-order valence-corrected chi connectivity index (χ2v) is 9.70. The molecule has 0 saturated heterocycles. The highest BCUT2D eigenvalue weighted by Crippen LogP contribution is 2.40. The van der Waals surface area contributed by atoms with E-state index in [1.807, 2.05) is 42.7 Å². The molecule has 1 fully saturated rings. The van der Waals surface area contributed by atoms with Crippen molar-refractivity contribution in [2.45, 2.75) is 57.3 Å². The van der Waals surface area contributed by atoms with Crippen molar-refractivity contribution in [1.29, 1.82) is 5.26 Å². The van der Waals surface area contributed by atoms with Crippen LogP contribution < -0.4 is 5.32 Å². The van der Waals surface area contributed by atoms with Crippen LogP contribution in [-0.2, 0) is 17.9 Å². The molecule has 0 atom stereocenters. The van der Waals surface area contributed by atoms with E-state index in [0.29, 0.717) is 36.1 Å². The van der Waals surface area contributed by atoms with E-state index in [1.165, 1.54) is 11.8 Å². The predicted octanol–water partition coefficient (Wildman–Crippen LogP) is 4.85. The molecular formula is C25H26N6O3S. The van der Waals surface area contributed by atoms with Crippen LogP contribution >= 0.6 is 11.8 Å². The van der Waals surface area contributed by atoms with Crippen molar-refractivity contribution in [2.24, 2.45) is 0 Å². The summed E-state index contributed by atoms with van der Waals surface area (Å²) in [5.41, 5.74) is 2.24. The van der Waals surface area contributed by atoms with E-state index in [9.17, 15) is 10.1 Å². The Labute approximate surface area is 207 Å².